The molecule has 1 rings (SSSR count). The van der Waals surface area contributed by atoms with Gasteiger partial charge in [0.05, 0.1) is 13.0 Å². The molecule has 0 heterocycles. The number of esters is 1. The van der Waals surface area contributed by atoms with Gasteiger partial charge in [-0.15, -0.1) is 0 Å². The summed E-state index contributed by atoms with van der Waals surface area (Å²) in [5.41, 5.74) is 0.962. The minimum absolute atomic E-state index is 0.105. The van der Waals surface area contributed by atoms with Crippen LogP contribution in [-0.4, -0.2) is 25.0 Å². The Morgan fingerprint density at radius 1 is 1.39 bits per heavy atom. The molecule has 1 aromatic carbocycles. The number of hydrogen-bond acceptors (Lipinski definition) is 3. The number of halogens is 1. The van der Waals surface area contributed by atoms with Crippen molar-refractivity contribution < 1.29 is 18.7 Å². The highest BCUT2D eigenvalue weighted by Crippen LogP contribution is 2.09. The minimum atomic E-state index is -0.462. The molecule has 0 aliphatic carbocycles. The van der Waals surface area contributed by atoms with Gasteiger partial charge in [-0.1, -0.05) is 6.07 Å². The molecular weight excluding hydrogens is 237 g/mol. The fourth-order valence-electron chi connectivity index (χ4n) is 1.45. The Hall–Kier alpha value is -1.91. The average molecular weight is 253 g/mol. The second-order valence-corrected chi connectivity index (χ2v) is 3.77. The lowest BCUT2D eigenvalue weighted by Gasteiger charge is -2.07. The van der Waals surface area contributed by atoms with Crippen LogP contribution in [0.1, 0.15) is 29.3 Å². The van der Waals surface area contributed by atoms with Crippen LogP contribution in [-0.2, 0) is 9.53 Å². The van der Waals surface area contributed by atoms with E-state index in [1.54, 1.807) is 13.8 Å². The van der Waals surface area contributed by atoms with Crippen molar-refractivity contribution in [2.75, 3.05) is 13.2 Å². The van der Waals surface area contributed by atoms with Crippen LogP contribution in [0.5, 0.6) is 0 Å². The number of carbonyl (C=O) groups is 2. The maximum absolute atomic E-state index is 13.0. The molecule has 0 radical (unpaired) electrons. The third kappa shape index (κ3) is 4.16. The van der Waals surface area contributed by atoms with Gasteiger partial charge in [-0.3, -0.25) is 9.59 Å². The third-order valence-electron chi connectivity index (χ3n) is 2.36. The highest BCUT2D eigenvalue weighted by atomic mass is 19.1. The Kier molecular flexibility index (Phi) is 5.30. The van der Waals surface area contributed by atoms with E-state index >= 15 is 0 Å². The summed E-state index contributed by atoms with van der Waals surface area (Å²) in [6.45, 7) is 3.93. The van der Waals surface area contributed by atoms with Gasteiger partial charge in [0.2, 0.25) is 0 Å². The molecule has 1 aromatic rings. The summed E-state index contributed by atoms with van der Waals surface area (Å²) >= 11 is 0. The van der Waals surface area contributed by atoms with Crippen molar-refractivity contribution in [3.05, 3.63) is 35.1 Å². The Bertz CT molecular complexity index is 446. The molecule has 0 aromatic heterocycles. The molecule has 0 atom stereocenters. The zero-order valence-electron chi connectivity index (χ0n) is 10.5. The number of hydrogen-bond donors (Lipinski definition) is 1. The fraction of sp³-hybridized carbons (Fsp3) is 0.385. The molecule has 0 unspecified atom stereocenters. The van der Waals surface area contributed by atoms with E-state index < -0.39 is 11.7 Å². The highest BCUT2D eigenvalue weighted by molar-refractivity contribution is 5.95. The first-order valence-corrected chi connectivity index (χ1v) is 5.74. The molecule has 98 valence electrons. The van der Waals surface area contributed by atoms with E-state index in [4.69, 9.17) is 4.74 Å². The van der Waals surface area contributed by atoms with Crippen LogP contribution in [0.25, 0.3) is 0 Å². The van der Waals surface area contributed by atoms with Crippen LogP contribution in [0.4, 0.5) is 4.39 Å². The number of carbonyl (C=O) groups excluding carboxylic acids is 2. The third-order valence-corrected chi connectivity index (χ3v) is 2.36. The summed E-state index contributed by atoms with van der Waals surface area (Å²) in [6.07, 6.45) is 0.105. The van der Waals surface area contributed by atoms with Gasteiger partial charge >= 0.3 is 5.97 Å². The SMILES string of the molecule is CCOC(=O)CCNC(=O)c1cc(F)ccc1C. The predicted molar refractivity (Wildman–Crippen MR) is 64.7 cm³/mol. The van der Waals surface area contributed by atoms with Crippen molar-refractivity contribution in [2.24, 2.45) is 0 Å². The Labute approximate surface area is 105 Å². The molecule has 0 saturated heterocycles. The lowest BCUT2D eigenvalue weighted by Crippen LogP contribution is -2.27. The second kappa shape index (κ2) is 6.74. The second-order valence-electron chi connectivity index (χ2n) is 3.77. The van der Waals surface area contributed by atoms with Crippen molar-refractivity contribution in [3.8, 4) is 0 Å². The predicted octanol–water partition coefficient (Wildman–Crippen LogP) is 1.82. The summed E-state index contributed by atoms with van der Waals surface area (Å²) in [5.74, 6) is -1.22. The van der Waals surface area contributed by atoms with Gasteiger partial charge in [0.1, 0.15) is 5.82 Å². The molecule has 0 saturated carbocycles. The van der Waals surface area contributed by atoms with Gasteiger partial charge in [0.15, 0.2) is 0 Å². The van der Waals surface area contributed by atoms with Gasteiger partial charge in [-0.2, -0.15) is 0 Å². The molecule has 18 heavy (non-hydrogen) atoms. The summed E-state index contributed by atoms with van der Waals surface area (Å²) in [4.78, 5) is 22.8. The van der Waals surface area contributed by atoms with Crippen molar-refractivity contribution in [1.82, 2.24) is 5.32 Å². The van der Waals surface area contributed by atoms with E-state index in [-0.39, 0.29) is 24.5 Å². The van der Waals surface area contributed by atoms with Gasteiger partial charge in [0, 0.05) is 12.1 Å². The first-order chi connectivity index (χ1) is 8.54. The molecule has 5 heteroatoms. The highest BCUT2D eigenvalue weighted by Gasteiger charge is 2.10. The molecule has 4 nitrogen and oxygen atoms in total. The largest absolute Gasteiger partial charge is 0.466 e. The number of ether oxygens (including phenoxy) is 1. The van der Waals surface area contributed by atoms with E-state index in [1.165, 1.54) is 18.2 Å². The number of rotatable bonds is 5. The lowest BCUT2D eigenvalue weighted by atomic mass is 10.1. The van der Waals surface area contributed by atoms with Gasteiger partial charge < -0.3 is 10.1 Å². The summed E-state index contributed by atoms with van der Waals surface area (Å²) in [5, 5.41) is 2.55. The molecule has 0 aliphatic rings. The van der Waals surface area contributed by atoms with E-state index in [9.17, 15) is 14.0 Å². The fourth-order valence-corrected chi connectivity index (χ4v) is 1.45. The molecule has 0 fully saturated rings. The van der Waals surface area contributed by atoms with Crippen molar-refractivity contribution in [2.45, 2.75) is 20.3 Å². The van der Waals surface area contributed by atoms with Crippen LogP contribution < -0.4 is 5.32 Å². The normalized spacial score (nSPS) is 9.94. The number of benzene rings is 1. The van der Waals surface area contributed by atoms with Crippen LogP contribution in [0.3, 0.4) is 0 Å². The topological polar surface area (TPSA) is 55.4 Å². The lowest BCUT2D eigenvalue weighted by molar-refractivity contribution is -0.142. The summed E-state index contributed by atoms with van der Waals surface area (Å²) in [6, 6.07) is 4.01. The first kappa shape index (κ1) is 14.2. The Balaban J connectivity index is 2.50. The average Bonchev–Trinajstić information content (AvgIpc) is 2.32. The van der Waals surface area contributed by atoms with Crippen LogP contribution >= 0.6 is 0 Å². The first-order valence-electron chi connectivity index (χ1n) is 5.74. The Morgan fingerprint density at radius 2 is 2.11 bits per heavy atom. The monoisotopic (exact) mass is 253 g/mol. The quantitative estimate of drug-likeness (QED) is 0.814. The maximum Gasteiger partial charge on any atom is 0.307 e. The van der Waals surface area contributed by atoms with E-state index in [0.29, 0.717) is 12.2 Å². The molecule has 0 aliphatic heterocycles. The van der Waals surface area contributed by atoms with E-state index in [2.05, 4.69) is 5.32 Å². The maximum atomic E-state index is 13.0. The molecular formula is C13H16FNO3. The van der Waals surface area contributed by atoms with E-state index in [1.807, 2.05) is 0 Å². The molecule has 1 N–H and O–H groups in total. The number of nitrogens with one attached hydrogen (secondary N) is 1. The molecule has 0 spiro atoms. The van der Waals surface area contributed by atoms with Gasteiger partial charge in [0.25, 0.3) is 5.91 Å². The van der Waals surface area contributed by atoms with Crippen molar-refractivity contribution >= 4 is 11.9 Å². The summed E-state index contributed by atoms with van der Waals surface area (Å²) < 4.78 is 17.7. The smallest absolute Gasteiger partial charge is 0.307 e. The molecule has 0 bridgehead atoms. The zero-order chi connectivity index (χ0) is 13.5. The van der Waals surface area contributed by atoms with Crippen molar-refractivity contribution in [1.29, 1.82) is 0 Å². The summed E-state index contributed by atoms with van der Waals surface area (Å²) in [7, 11) is 0. The standard InChI is InChI=1S/C13H16FNO3/c1-3-18-12(16)6-7-15-13(17)11-8-10(14)5-4-9(11)2/h4-5,8H,3,6-7H2,1-2H3,(H,15,17). The van der Waals surface area contributed by atoms with Crippen LogP contribution in [0.15, 0.2) is 18.2 Å². The number of aryl methyl sites for hydroxylation is 1. The van der Waals surface area contributed by atoms with Gasteiger partial charge in [-0.25, -0.2) is 4.39 Å². The van der Waals surface area contributed by atoms with E-state index in [0.717, 1.165) is 0 Å². The zero-order valence-corrected chi connectivity index (χ0v) is 10.5. The minimum Gasteiger partial charge on any atom is -0.466 e. The van der Waals surface area contributed by atoms with Crippen LogP contribution in [0, 0.1) is 12.7 Å². The van der Waals surface area contributed by atoms with Crippen molar-refractivity contribution in [3.63, 3.8) is 0 Å². The molecule has 1 amide bonds. The Morgan fingerprint density at radius 3 is 2.78 bits per heavy atom. The number of amides is 1. The van der Waals surface area contributed by atoms with Gasteiger partial charge in [-0.05, 0) is 31.5 Å². The van der Waals surface area contributed by atoms with Crippen LogP contribution in [0.2, 0.25) is 0 Å².